The number of unbranched alkanes of at least 4 members (excludes halogenated alkanes) is 2. The summed E-state index contributed by atoms with van der Waals surface area (Å²) in [5.41, 5.74) is 0.534. The zero-order valence-electron chi connectivity index (χ0n) is 12.5. The molecule has 21 heavy (non-hydrogen) atoms. The fraction of sp³-hybridized carbons (Fsp3) is 0.533. The molecular formula is C15H22N2O3S. The van der Waals surface area contributed by atoms with Crippen molar-refractivity contribution in [2.45, 2.75) is 37.5 Å². The average Bonchev–Trinajstić information content (AvgIpc) is 2.48. The second-order valence-electron chi connectivity index (χ2n) is 4.72. The van der Waals surface area contributed by atoms with E-state index in [4.69, 9.17) is 5.11 Å². The first-order valence-corrected chi connectivity index (χ1v) is 8.47. The number of aromatic nitrogens is 1. The van der Waals surface area contributed by atoms with Crippen LogP contribution in [0.2, 0.25) is 0 Å². The third kappa shape index (κ3) is 5.46. The lowest BCUT2D eigenvalue weighted by atomic mass is 10.2. The minimum atomic E-state index is -3.52. The molecule has 0 aliphatic heterocycles. The number of nitrogens with zero attached hydrogens (tertiary/aromatic N) is 2. The van der Waals surface area contributed by atoms with Crippen LogP contribution in [0.1, 0.15) is 38.2 Å². The fourth-order valence-corrected chi connectivity index (χ4v) is 2.93. The van der Waals surface area contributed by atoms with Gasteiger partial charge in [-0.2, -0.15) is 0 Å². The SMILES string of the molecule is CCCCCN(C)S(=O)(=O)c1cncc(C#CCCO)c1. The highest BCUT2D eigenvalue weighted by atomic mass is 32.2. The predicted octanol–water partition coefficient (Wildman–Crippen LogP) is 1.63. The molecule has 1 N–H and O–H groups in total. The molecule has 5 nitrogen and oxygen atoms in total. The zero-order valence-corrected chi connectivity index (χ0v) is 13.4. The van der Waals surface area contributed by atoms with Gasteiger partial charge in [-0.1, -0.05) is 31.6 Å². The fourth-order valence-electron chi connectivity index (χ4n) is 1.73. The summed E-state index contributed by atoms with van der Waals surface area (Å²) < 4.78 is 26.2. The van der Waals surface area contributed by atoms with E-state index in [1.54, 1.807) is 7.05 Å². The first-order chi connectivity index (χ1) is 10.0. The quantitative estimate of drug-likeness (QED) is 0.614. The molecule has 116 valence electrons. The van der Waals surface area contributed by atoms with Gasteiger partial charge in [-0.3, -0.25) is 4.98 Å². The van der Waals surface area contributed by atoms with E-state index in [0.29, 0.717) is 18.5 Å². The van der Waals surface area contributed by atoms with Crippen molar-refractivity contribution in [2.24, 2.45) is 0 Å². The summed E-state index contributed by atoms with van der Waals surface area (Å²) in [6, 6.07) is 1.52. The van der Waals surface area contributed by atoms with Crippen molar-refractivity contribution in [1.29, 1.82) is 0 Å². The summed E-state index contributed by atoms with van der Waals surface area (Å²) in [6.45, 7) is 2.56. The molecule has 1 aromatic heterocycles. The summed E-state index contributed by atoms with van der Waals surface area (Å²) >= 11 is 0. The predicted molar refractivity (Wildman–Crippen MR) is 82.2 cm³/mol. The summed E-state index contributed by atoms with van der Waals surface area (Å²) in [5.74, 6) is 5.55. The highest BCUT2D eigenvalue weighted by molar-refractivity contribution is 7.89. The van der Waals surface area contributed by atoms with Crippen molar-refractivity contribution in [3.8, 4) is 11.8 Å². The monoisotopic (exact) mass is 310 g/mol. The molecule has 0 amide bonds. The molecule has 0 unspecified atom stereocenters. The van der Waals surface area contributed by atoms with E-state index in [-0.39, 0.29) is 11.5 Å². The van der Waals surface area contributed by atoms with Gasteiger partial charge in [0.05, 0.1) is 6.61 Å². The van der Waals surface area contributed by atoms with E-state index < -0.39 is 10.0 Å². The second-order valence-corrected chi connectivity index (χ2v) is 6.76. The van der Waals surface area contributed by atoms with Crippen LogP contribution in [0, 0.1) is 11.8 Å². The molecule has 1 aromatic rings. The van der Waals surface area contributed by atoms with Gasteiger partial charge in [-0.05, 0) is 12.5 Å². The van der Waals surface area contributed by atoms with Gasteiger partial charge in [0.2, 0.25) is 10.0 Å². The van der Waals surface area contributed by atoms with Gasteiger partial charge in [0, 0.05) is 38.0 Å². The van der Waals surface area contributed by atoms with Gasteiger partial charge >= 0.3 is 0 Å². The lowest BCUT2D eigenvalue weighted by Gasteiger charge is -2.16. The van der Waals surface area contributed by atoms with E-state index in [1.807, 2.05) is 0 Å². The lowest BCUT2D eigenvalue weighted by Crippen LogP contribution is -2.28. The molecule has 0 atom stereocenters. The van der Waals surface area contributed by atoms with E-state index >= 15 is 0 Å². The Kier molecular flexibility index (Phi) is 7.37. The molecule has 0 aliphatic carbocycles. The van der Waals surface area contributed by atoms with E-state index in [1.165, 1.54) is 22.8 Å². The van der Waals surface area contributed by atoms with Gasteiger partial charge in [0.25, 0.3) is 0 Å². The Labute approximate surface area is 127 Å². The molecule has 0 saturated carbocycles. The summed E-state index contributed by atoms with van der Waals surface area (Å²) in [6.07, 6.45) is 6.10. The maximum atomic E-state index is 12.4. The highest BCUT2D eigenvalue weighted by Crippen LogP contribution is 2.15. The standard InChI is InChI=1S/C15H22N2O3S/c1-3-4-6-9-17(2)21(19,20)15-11-14(12-16-13-15)8-5-7-10-18/h11-13,18H,3-4,6-7,9-10H2,1-2H3. The molecule has 0 aliphatic rings. The molecular weight excluding hydrogens is 288 g/mol. The van der Waals surface area contributed by atoms with Crippen molar-refractivity contribution in [3.63, 3.8) is 0 Å². The Bertz CT molecular complexity index is 603. The topological polar surface area (TPSA) is 70.5 Å². The van der Waals surface area contributed by atoms with Crippen LogP contribution in [0.15, 0.2) is 23.4 Å². The second kappa shape index (κ2) is 8.78. The van der Waals surface area contributed by atoms with Crippen molar-refractivity contribution >= 4 is 10.0 Å². The Morgan fingerprint density at radius 1 is 1.33 bits per heavy atom. The van der Waals surface area contributed by atoms with E-state index in [2.05, 4.69) is 23.7 Å². The normalized spacial score (nSPS) is 11.2. The minimum absolute atomic E-state index is 0.0153. The molecule has 0 fully saturated rings. The first-order valence-electron chi connectivity index (χ1n) is 7.03. The smallest absolute Gasteiger partial charge is 0.244 e. The Hall–Kier alpha value is -1.42. The third-order valence-electron chi connectivity index (χ3n) is 2.97. The average molecular weight is 310 g/mol. The van der Waals surface area contributed by atoms with Crippen LogP contribution in [0.3, 0.4) is 0 Å². The minimum Gasteiger partial charge on any atom is -0.395 e. The molecule has 1 heterocycles. The maximum absolute atomic E-state index is 12.4. The van der Waals surface area contributed by atoms with Gasteiger partial charge in [0.1, 0.15) is 4.90 Å². The van der Waals surface area contributed by atoms with Crippen LogP contribution in [-0.2, 0) is 10.0 Å². The number of pyridine rings is 1. The number of rotatable bonds is 7. The summed E-state index contributed by atoms with van der Waals surface area (Å²) in [5, 5.41) is 8.68. The molecule has 0 aromatic carbocycles. The Balaban J connectivity index is 2.88. The lowest BCUT2D eigenvalue weighted by molar-refractivity contribution is 0.305. The van der Waals surface area contributed by atoms with Crippen molar-refractivity contribution in [2.75, 3.05) is 20.2 Å². The van der Waals surface area contributed by atoms with Crippen molar-refractivity contribution in [3.05, 3.63) is 24.0 Å². The molecule has 1 rings (SSSR count). The van der Waals surface area contributed by atoms with Gasteiger partial charge < -0.3 is 5.11 Å². The first kappa shape index (κ1) is 17.6. The maximum Gasteiger partial charge on any atom is 0.244 e. The molecule has 6 heteroatoms. The largest absolute Gasteiger partial charge is 0.395 e. The highest BCUT2D eigenvalue weighted by Gasteiger charge is 2.20. The van der Waals surface area contributed by atoms with Gasteiger partial charge in [-0.25, -0.2) is 12.7 Å². The van der Waals surface area contributed by atoms with Crippen LogP contribution >= 0.6 is 0 Å². The number of aliphatic hydroxyl groups is 1. The third-order valence-corrected chi connectivity index (χ3v) is 4.79. The number of sulfonamides is 1. The van der Waals surface area contributed by atoms with Crippen molar-refractivity contribution < 1.29 is 13.5 Å². The summed E-state index contributed by atoms with van der Waals surface area (Å²) in [4.78, 5) is 4.09. The van der Waals surface area contributed by atoms with Crippen molar-refractivity contribution in [1.82, 2.24) is 9.29 Å². The molecule has 0 spiro atoms. The van der Waals surface area contributed by atoms with Gasteiger partial charge in [-0.15, -0.1) is 0 Å². The van der Waals surface area contributed by atoms with Gasteiger partial charge in [0.15, 0.2) is 0 Å². The van der Waals surface area contributed by atoms with E-state index in [9.17, 15) is 8.42 Å². The van der Waals surface area contributed by atoms with Crippen LogP contribution in [0.4, 0.5) is 0 Å². The van der Waals surface area contributed by atoms with E-state index in [0.717, 1.165) is 19.3 Å². The molecule has 0 bridgehead atoms. The molecule has 0 saturated heterocycles. The zero-order chi connectivity index (χ0) is 15.7. The van der Waals surface area contributed by atoms with Crippen LogP contribution < -0.4 is 0 Å². The summed E-state index contributed by atoms with van der Waals surface area (Å²) in [7, 11) is -1.94. The van der Waals surface area contributed by atoms with Crippen LogP contribution in [0.5, 0.6) is 0 Å². The number of hydrogen-bond donors (Lipinski definition) is 1. The van der Waals surface area contributed by atoms with Crippen LogP contribution in [0.25, 0.3) is 0 Å². The Morgan fingerprint density at radius 3 is 2.76 bits per heavy atom. The number of hydrogen-bond acceptors (Lipinski definition) is 4. The Morgan fingerprint density at radius 2 is 2.10 bits per heavy atom. The van der Waals surface area contributed by atoms with Crippen LogP contribution in [-0.4, -0.2) is 43.0 Å². The number of aliphatic hydroxyl groups excluding tert-OH is 1. The molecule has 0 radical (unpaired) electrons.